The maximum atomic E-state index is 12.6. The average molecular weight is 475 g/mol. The van der Waals surface area contributed by atoms with Crippen LogP contribution >= 0.6 is 0 Å². The van der Waals surface area contributed by atoms with Crippen molar-refractivity contribution in [3.63, 3.8) is 0 Å². The second-order valence-electron chi connectivity index (χ2n) is 6.47. The lowest BCUT2D eigenvalue weighted by molar-refractivity contribution is -0.385. The van der Waals surface area contributed by atoms with Crippen molar-refractivity contribution in [3.05, 3.63) is 45.8 Å². The number of nitro groups is 1. The first-order chi connectivity index (χ1) is 16.4. The van der Waals surface area contributed by atoms with Gasteiger partial charge in [-0.25, -0.2) is 4.79 Å². The summed E-state index contributed by atoms with van der Waals surface area (Å²) in [7, 11) is 7.06. The van der Waals surface area contributed by atoms with Gasteiger partial charge in [-0.15, -0.1) is 10.2 Å². The van der Waals surface area contributed by atoms with Crippen molar-refractivity contribution in [2.24, 2.45) is 0 Å². The van der Waals surface area contributed by atoms with Crippen LogP contribution in [0.2, 0.25) is 0 Å². The summed E-state index contributed by atoms with van der Waals surface area (Å²) in [5.41, 5.74) is -0.367. The van der Waals surface area contributed by atoms with E-state index in [-0.39, 0.29) is 28.8 Å². The number of nitrogens with zero attached hydrogens (tertiary/aromatic N) is 3. The van der Waals surface area contributed by atoms with Crippen LogP contribution in [0, 0.1) is 10.1 Å². The summed E-state index contributed by atoms with van der Waals surface area (Å²) in [5.74, 6) is 0.439. The van der Waals surface area contributed by atoms with E-state index in [4.69, 9.17) is 32.8 Å². The third-order valence-corrected chi connectivity index (χ3v) is 4.62. The zero-order chi connectivity index (χ0) is 24.8. The van der Waals surface area contributed by atoms with E-state index < -0.39 is 23.2 Å². The molecule has 0 aliphatic heterocycles. The molecule has 0 bridgehead atoms. The van der Waals surface area contributed by atoms with Gasteiger partial charge in [0.05, 0.1) is 46.5 Å². The maximum Gasteiger partial charge on any atom is 0.345 e. The minimum atomic E-state index is -0.986. The molecule has 0 N–H and O–H groups in total. The molecule has 0 aliphatic carbocycles. The Morgan fingerprint density at radius 3 is 2.00 bits per heavy atom. The molecule has 0 saturated carbocycles. The summed E-state index contributed by atoms with van der Waals surface area (Å²) in [4.78, 5) is 23.2. The molecular formula is C21H21N3O10. The summed E-state index contributed by atoms with van der Waals surface area (Å²) in [6, 6.07) is 5.45. The van der Waals surface area contributed by atoms with Crippen LogP contribution in [0.3, 0.4) is 0 Å². The third kappa shape index (κ3) is 4.77. The Kier molecular flexibility index (Phi) is 7.36. The molecule has 0 amide bonds. The van der Waals surface area contributed by atoms with Crippen LogP contribution in [0.4, 0.5) is 5.69 Å². The van der Waals surface area contributed by atoms with Crippen LogP contribution in [0.1, 0.15) is 16.2 Å². The molecule has 0 spiro atoms. The van der Waals surface area contributed by atoms with Gasteiger partial charge in [0, 0.05) is 11.6 Å². The number of nitro benzene ring substituents is 1. The van der Waals surface area contributed by atoms with Gasteiger partial charge in [0.15, 0.2) is 29.6 Å². The molecule has 2 aromatic carbocycles. The van der Waals surface area contributed by atoms with Gasteiger partial charge in [0.1, 0.15) is 5.56 Å². The van der Waals surface area contributed by atoms with E-state index in [1.807, 2.05) is 0 Å². The van der Waals surface area contributed by atoms with Gasteiger partial charge in [-0.05, 0) is 12.1 Å². The molecule has 34 heavy (non-hydrogen) atoms. The van der Waals surface area contributed by atoms with Crippen LogP contribution < -0.4 is 23.7 Å². The summed E-state index contributed by atoms with van der Waals surface area (Å²) < 4.78 is 36.7. The molecule has 0 radical (unpaired) electrons. The minimum Gasteiger partial charge on any atom is -0.493 e. The van der Waals surface area contributed by atoms with Crippen LogP contribution in [-0.2, 0) is 11.3 Å². The first kappa shape index (κ1) is 24.1. The van der Waals surface area contributed by atoms with Crippen LogP contribution in [0.15, 0.2) is 28.7 Å². The molecule has 0 unspecified atom stereocenters. The number of aromatic nitrogens is 2. The van der Waals surface area contributed by atoms with E-state index in [2.05, 4.69) is 10.2 Å². The van der Waals surface area contributed by atoms with Crippen LogP contribution in [0.5, 0.6) is 28.7 Å². The molecule has 1 aromatic heterocycles. The van der Waals surface area contributed by atoms with Gasteiger partial charge < -0.3 is 32.8 Å². The monoisotopic (exact) mass is 475 g/mol. The van der Waals surface area contributed by atoms with E-state index in [0.717, 1.165) is 12.1 Å². The van der Waals surface area contributed by atoms with E-state index in [9.17, 15) is 14.9 Å². The topological polar surface area (TPSA) is 155 Å². The maximum absolute atomic E-state index is 12.6. The third-order valence-electron chi connectivity index (χ3n) is 4.62. The average Bonchev–Trinajstić information content (AvgIpc) is 3.34. The molecule has 0 saturated heterocycles. The first-order valence-electron chi connectivity index (χ1n) is 9.57. The molecule has 3 aromatic rings. The predicted molar refractivity (Wildman–Crippen MR) is 115 cm³/mol. The van der Waals surface area contributed by atoms with Crippen molar-refractivity contribution in [2.75, 3.05) is 35.5 Å². The molecule has 3 rings (SSSR count). The Labute approximate surface area is 193 Å². The normalized spacial score (nSPS) is 10.4. The lowest BCUT2D eigenvalue weighted by atomic mass is 10.1. The van der Waals surface area contributed by atoms with Crippen molar-refractivity contribution < 1.29 is 42.6 Å². The number of ether oxygens (including phenoxy) is 6. The second kappa shape index (κ2) is 10.4. The summed E-state index contributed by atoms with van der Waals surface area (Å²) in [5, 5.41) is 19.2. The van der Waals surface area contributed by atoms with Gasteiger partial charge >= 0.3 is 5.97 Å². The minimum absolute atomic E-state index is 0.0415. The largest absolute Gasteiger partial charge is 0.493 e. The molecule has 0 fully saturated rings. The Morgan fingerprint density at radius 1 is 0.882 bits per heavy atom. The molecule has 0 aliphatic rings. The van der Waals surface area contributed by atoms with Crippen LogP contribution in [0.25, 0.3) is 11.5 Å². The van der Waals surface area contributed by atoms with Crippen molar-refractivity contribution >= 4 is 11.7 Å². The van der Waals surface area contributed by atoms with Crippen molar-refractivity contribution in [3.8, 4) is 40.2 Å². The predicted octanol–water partition coefficient (Wildman–Crippen LogP) is 3.04. The number of carbonyl (C=O) groups excluding carboxylic acids is 1. The quantitative estimate of drug-likeness (QED) is 0.240. The summed E-state index contributed by atoms with van der Waals surface area (Å²) in [6.45, 7) is -0.429. The lowest BCUT2D eigenvalue weighted by Crippen LogP contribution is -2.09. The Balaban J connectivity index is 1.82. The second-order valence-corrected chi connectivity index (χ2v) is 6.47. The van der Waals surface area contributed by atoms with E-state index in [0.29, 0.717) is 22.8 Å². The molecule has 180 valence electrons. The summed E-state index contributed by atoms with van der Waals surface area (Å²) in [6.07, 6.45) is 0. The van der Waals surface area contributed by atoms with Gasteiger partial charge in [-0.1, -0.05) is 0 Å². The van der Waals surface area contributed by atoms with E-state index >= 15 is 0 Å². The molecule has 0 atom stereocenters. The highest BCUT2D eigenvalue weighted by Crippen LogP contribution is 2.41. The number of esters is 1. The highest BCUT2D eigenvalue weighted by Gasteiger charge is 2.26. The Bertz CT molecular complexity index is 1180. The van der Waals surface area contributed by atoms with Gasteiger partial charge in [-0.3, -0.25) is 10.1 Å². The smallest absolute Gasteiger partial charge is 0.345 e. The highest BCUT2D eigenvalue weighted by atomic mass is 16.6. The first-order valence-corrected chi connectivity index (χ1v) is 9.57. The SMILES string of the molecule is COc1cc(C(=O)OCc2nnc(-c3cc(OC)c(OC)c(OC)c3)o2)c([N+](=O)[O-])cc1OC. The number of benzene rings is 2. The van der Waals surface area contributed by atoms with Crippen LogP contribution in [-0.4, -0.2) is 56.6 Å². The van der Waals surface area contributed by atoms with Crippen molar-refractivity contribution in [2.45, 2.75) is 6.61 Å². The fourth-order valence-corrected chi connectivity index (χ4v) is 3.02. The van der Waals surface area contributed by atoms with Gasteiger partial charge in [0.25, 0.3) is 11.6 Å². The van der Waals surface area contributed by atoms with E-state index in [1.54, 1.807) is 12.1 Å². The number of hydrogen-bond donors (Lipinski definition) is 0. The van der Waals surface area contributed by atoms with Crippen molar-refractivity contribution in [1.29, 1.82) is 0 Å². The Hall–Kier alpha value is -4.55. The lowest BCUT2D eigenvalue weighted by Gasteiger charge is -2.12. The molecule has 1 heterocycles. The zero-order valence-corrected chi connectivity index (χ0v) is 18.9. The number of hydrogen-bond acceptors (Lipinski definition) is 12. The van der Waals surface area contributed by atoms with Gasteiger partial charge in [0.2, 0.25) is 11.6 Å². The number of methoxy groups -OCH3 is 5. The number of carbonyl (C=O) groups is 1. The molecular weight excluding hydrogens is 454 g/mol. The number of rotatable bonds is 10. The Morgan fingerprint density at radius 2 is 1.47 bits per heavy atom. The fraction of sp³-hybridized carbons (Fsp3) is 0.286. The zero-order valence-electron chi connectivity index (χ0n) is 18.9. The standard InChI is InChI=1S/C21H21N3O10/c1-28-14-8-12(13(24(26)27)9-15(14)29-2)21(25)33-10-18-22-23-20(34-18)11-6-16(30-3)19(32-5)17(7-11)31-4/h6-9H,10H2,1-5H3. The van der Waals surface area contributed by atoms with Crippen molar-refractivity contribution in [1.82, 2.24) is 10.2 Å². The fourth-order valence-electron chi connectivity index (χ4n) is 3.02. The van der Waals surface area contributed by atoms with E-state index in [1.165, 1.54) is 35.5 Å². The van der Waals surface area contributed by atoms with Gasteiger partial charge in [-0.2, -0.15) is 0 Å². The highest BCUT2D eigenvalue weighted by molar-refractivity contribution is 5.95. The summed E-state index contributed by atoms with van der Waals surface area (Å²) >= 11 is 0. The molecule has 13 heteroatoms. The molecule has 13 nitrogen and oxygen atoms in total.